The van der Waals surface area contributed by atoms with Crippen LogP contribution in [0, 0.1) is 0 Å². The lowest BCUT2D eigenvalue weighted by atomic mass is 9.98. The zero-order chi connectivity index (χ0) is 14.8. The van der Waals surface area contributed by atoms with E-state index in [4.69, 9.17) is 33.8 Å². The fourth-order valence-corrected chi connectivity index (χ4v) is 3.06. The molecular formula is C16H16Cl2N2O. The van der Waals surface area contributed by atoms with Crippen molar-refractivity contribution in [1.82, 2.24) is 5.43 Å². The van der Waals surface area contributed by atoms with Crippen molar-refractivity contribution in [2.75, 3.05) is 0 Å². The molecule has 2 unspecified atom stereocenters. The lowest BCUT2D eigenvalue weighted by Gasteiger charge is -2.23. The number of nitrogens with one attached hydrogen (secondary N) is 1. The highest BCUT2D eigenvalue weighted by molar-refractivity contribution is 6.33. The molecule has 21 heavy (non-hydrogen) atoms. The minimum Gasteiger partial charge on any atom is -0.488 e. The van der Waals surface area contributed by atoms with Gasteiger partial charge in [0.05, 0.1) is 6.04 Å². The fourth-order valence-electron chi connectivity index (χ4n) is 2.67. The lowest BCUT2D eigenvalue weighted by molar-refractivity contribution is 0.177. The van der Waals surface area contributed by atoms with Gasteiger partial charge in [0.15, 0.2) is 0 Å². The molecule has 0 aliphatic carbocycles. The van der Waals surface area contributed by atoms with E-state index in [2.05, 4.69) is 11.5 Å². The second-order valence-corrected chi connectivity index (χ2v) is 6.02. The summed E-state index contributed by atoms with van der Waals surface area (Å²) in [6.45, 7) is 0. The van der Waals surface area contributed by atoms with Crippen LogP contribution in [0.5, 0.6) is 5.75 Å². The first-order valence-corrected chi connectivity index (χ1v) is 7.57. The van der Waals surface area contributed by atoms with Gasteiger partial charge >= 0.3 is 0 Å². The van der Waals surface area contributed by atoms with E-state index in [1.807, 2.05) is 24.3 Å². The summed E-state index contributed by atoms with van der Waals surface area (Å²) in [6, 6.07) is 13.5. The summed E-state index contributed by atoms with van der Waals surface area (Å²) in [6.07, 6.45) is 1.49. The Labute approximate surface area is 134 Å². The van der Waals surface area contributed by atoms with Crippen LogP contribution in [0.15, 0.2) is 42.5 Å². The predicted molar refractivity (Wildman–Crippen MR) is 85.8 cm³/mol. The Kier molecular flexibility index (Phi) is 4.36. The average molecular weight is 323 g/mol. The molecule has 110 valence electrons. The van der Waals surface area contributed by atoms with Gasteiger partial charge in [0.2, 0.25) is 0 Å². The maximum atomic E-state index is 6.23. The molecule has 1 aliphatic heterocycles. The number of rotatable bonds is 4. The van der Waals surface area contributed by atoms with Crippen LogP contribution in [0.3, 0.4) is 0 Å². The number of fused-ring (bicyclic) bond motifs is 1. The van der Waals surface area contributed by atoms with Crippen molar-refractivity contribution in [2.24, 2.45) is 5.84 Å². The molecule has 0 fully saturated rings. The van der Waals surface area contributed by atoms with E-state index in [1.165, 1.54) is 5.56 Å². The highest BCUT2D eigenvalue weighted by atomic mass is 35.5. The molecule has 1 aliphatic rings. The van der Waals surface area contributed by atoms with Crippen LogP contribution >= 0.6 is 23.2 Å². The largest absolute Gasteiger partial charge is 0.488 e. The van der Waals surface area contributed by atoms with E-state index >= 15 is 0 Å². The van der Waals surface area contributed by atoms with Crippen molar-refractivity contribution in [3.63, 3.8) is 0 Å². The zero-order valence-electron chi connectivity index (χ0n) is 11.4. The second kappa shape index (κ2) is 6.24. The number of nitrogens with two attached hydrogens (primary N) is 1. The molecule has 3 N–H and O–H groups in total. The summed E-state index contributed by atoms with van der Waals surface area (Å²) in [5, 5.41) is 1.36. The van der Waals surface area contributed by atoms with E-state index in [-0.39, 0.29) is 12.1 Å². The molecule has 2 aromatic rings. The van der Waals surface area contributed by atoms with Gasteiger partial charge in [-0.25, -0.2) is 0 Å². The summed E-state index contributed by atoms with van der Waals surface area (Å²) in [5.41, 5.74) is 5.02. The lowest BCUT2D eigenvalue weighted by Crippen LogP contribution is -2.47. The van der Waals surface area contributed by atoms with Gasteiger partial charge < -0.3 is 4.74 Å². The quantitative estimate of drug-likeness (QED) is 0.670. The Hall–Kier alpha value is -1.26. The Balaban J connectivity index is 1.76. The first-order valence-electron chi connectivity index (χ1n) is 6.82. The first kappa shape index (κ1) is 14.7. The molecule has 0 bridgehead atoms. The van der Waals surface area contributed by atoms with Crippen LogP contribution in [0.2, 0.25) is 10.0 Å². The topological polar surface area (TPSA) is 47.3 Å². The van der Waals surface area contributed by atoms with E-state index in [0.29, 0.717) is 16.5 Å². The number of hydrazine groups is 1. The van der Waals surface area contributed by atoms with Crippen LogP contribution in [0.25, 0.3) is 0 Å². The second-order valence-electron chi connectivity index (χ2n) is 5.18. The van der Waals surface area contributed by atoms with Crippen LogP contribution in [-0.2, 0) is 12.8 Å². The number of ether oxygens (including phenoxy) is 1. The van der Waals surface area contributed by atoms with Gasteiger partial charge in [-0.15, -0.1) is 0 Å². The van der Waals surface area contributed by atoms with E-state index in [0.717, 1.165) is 17.7 Å². The average Bonchev–Trinajstić information content (AvgIpc) is 2.91. The standard InChI is InChI=1S/C16H16Cl2N2O/c17-12-5-6-13(18)11(7-12)8-14(20-19)16-9-10-3-1-2-4-15(10)21-16/h1-7,14,16,20H,8-9,19H2. The minimum absolute atomic E-state index is 0.0116. The SMILES string of the molecule is NNC(Cc1cc(Cl)ccc1Cl)C1Cc2ccccc2O1. The summed E-state index contributed by atoms with van der Waals surface area (Å²) in [5.74, 6) is 6.65. The molecular weight excluding hydrogens is 307 g/mol. The van der Waals surface area contributed by atoms with Crippen molar-refractivity contribution < 1.29 is 4.74 Å². The number of hydrogen-bond acceptors (Lipinski definition) is 3. The van der Waals surface area contributed by atoms with Crippen molar-refractivity contribution in [1.29, 1.82) is 0 Å². The molecule has 2 atom stereocenters. The highest BCUT2D eigenvalue weighted by Gasteiger charge is 2.30. The van der Waals surface area contributed by atoms with Crippen LogP contribution in [-0.4, -0.2) is 12.1 Å². The Morgan fingerprint density at radius 2 is 2.05 bits per heavy atom. The van der Waals surface area contributed by atoms with Gasteiger partial charge in [0.25, 0.3) is 0 Å². The third-order valence-corrected chi connectivity index (χ3v) is 4.39. The predicted octanol–water partition coefficient (Wildman–Crippen LogP) is 3.37. The monoisotopic (exact) mass is 322 g/mol. The number of hydrogen-bond donors (Lipinski definition) is 2. The zero-order valence-corrected chi connectivity index (χ0v) is 12.9. The first-order chi connectivity index (χ1) is 10.2. The van der Waals surface area contributed by atoms with E-state index < -0.39 is 0 Å². The van der Waals surface area contributed by atoms with E-state index in [1.54, 1.807) is 12.1 Å². The molecule has 0 saturated carbocycles. The fraction of sp³-hybridized carbons (Fsp3) is 0.250. The van der Waals surface area contributed by atoms with Gasteiger partial charge in [-0.2, -0.15) is 0 Å². The molecule has 2 aromatic carbocycles. The summed E-state index contributed by atoms with van der Waals surface area (Å²) in [7, 11) is 0. The third kappa shape index (κ3) is 3.16. The van der Waals surface area contributed by atoms with Crippen molar-refractivity contribution >= 4 is 23.2 Å². The summed E-state index contributed by atoms with van der Waals surface area (Å²) < 4.78 is 5.98. The van der Waals surface area contributed by atoms with Gasteiger partial charge in [-0.3, -0.25) is 11.3 Å². The molecule has 5 heteroatoms. The van der Waals surface area contributed by atoms with Gasteiger partial charge in [-0.05, 0) is 41.8 Å². The van der Waals surface area contributed by atoms with E-state index in [9.17, 15) is 0 Å². The molecule has 0 amide bonds. The molecule has 0 spiro atoms. The minimum atomic E-state index is -0.0339. The molecule has 3 nitrogen and oxygen atoms in total. The van der Waals surface area contributed by atoms with Crippen molar-refractivity contribution in [3.8, 4) is 5.75 Å². The van der Waals surface area contributed by atoms with Crippen LogP contribution in [0.4, 0.5) is 0 Å². The smallest absolute Gasteiger partial charge is 0.123 e. The number of halogens is 2. The number of benzene rings is 2. The van der Waals surface area contributed by atoms with Gasteiger partial charge in [0.1, 0.15) is 11.9 Å². The molecule has 3 rings (SSSR count). The summed E-state index contributed by atoms with van der Waals surface area (Å²) >= 11 is 12.3. The molecule has 0 aromatic heterocycles. The van der Waals surface area contributed by atoms with Gasteiger partial charge in [-0.1, -0.05) is 41.4 Å². The van der Waals surface area contributed by atoms with Crippen LogP contribution in [0.1, 0.15) is 11.1 Å². The van der Waals surface area contributed by atoms with Gasteiger partial charge in [0, 0.05) is 16.5 Å². The molecule has 1 heterocycles. The third-order valence-electron chi connectivity index (χ3n) is 3.78. The van der Waals surface area contributed by atoms with Crippen molar-refractivity contribution in [3.05, 3.63) is 63.6 Å². The van der Waals surface area contributed by atoms with Crippen molar-refractivity contribution in [2.45, 2.75) is 25.0 Å². The maximum absolute atomic E-state index is 6.23. The number of para-hydroxylation sites is 1. The van der Waals surface area contributed by atoms with Crippen LogP contribution < -0.4 is 16.0 Å². The highest BCUT2D eigenvalue weighted by Crippen LogP contribution is 2.31. The summed E-state index contributed by atoms with van der Waals surface area (Å²) in [4.78, 5) is 0. The Morgan fingerprint density at radius 1 is 1.24 bits per heavy atom. The Bertz CT molecular complexity index is 623. The Morgan fingerprint density at radius 3 is 2.81 bits per heavy atom. The molecule has 0 radical (unpaired) electrons. The molecule has 0 saturated heterocycles. The normalized spacial score (nSPS) is 18.1. The maximum Gasteiger partial charge on any atom is 0.123 e.